The quantitative estimate of drug-likeness (QED) is 0.216. The van der Waals surface area contributed by atoms with Gasteiger partial charge >= 0.3 is 0 Å². The fourth-order valence-corrected chi connectivity index (χ4v) is 5.99. The molecule has 6 rings (SSSR count). The third kappa shape index (κ3) is 4.20. The highest BCUT2D eigenvalue weighted by molar-refractivity contribution is 7.22. The molecule has 3 heterocycles. The van der Waals surface area contributed by atoms with Crippen LogP contribution in [0.2, 0.25) is 5.02 Å². The van der Waals surface area contributed by atoms with Gasteiger partial charge in [0.1, 0.15) is 5.75 Å². The number of ether oxygens (including phenoxy) is 2. The van der Waals surface area contributed by atoms with Crippen molar-refractivity contribution in [1.29, 1.82) is 0 Å². The highest BCUT2D eigenvalue weighted by Crippen LogP contribution is 2.45. The van der Waals surface area contributed by atoms with Gasteiger partial charge in [-0.05, 0) is 55.0 Å². The third-order valence-corrected chi connectivity index (χ3v) is 7.69. The van der Waals surface area contributed by atoms with Crippen LogP contribution in [0.1, 0.15) is 29.1 Å². The predicted molar refractivity (Wildman–Crippen MR) is 149 cm³/mol. The van der Waals surface area contributed by atoms with Crippen molar-refractivity contribution in [2.45, 2.75) is 13.0 Å². The molecule has 0 fully saturated rings. The first-order chi connectivity index (χ1) is 18.9. The van der Waals surface area contributed by atoms with E-state index in [0.29, 0.717) is 50.3 Å². The van der Waals surface area contributed by atoms with E-state index in [0.717, 1.165) is 4.70 Å². The van der Waals surface area contributed by atoms with Crippen molar-refractivity contribution in [1.82, 2.24) is 4.98 Å². The number of para-hydroxylation sites is 1. The molecule has 196 valence electrons. The molecule has 39 heavy (non-hydrogen) atoms. The van der Waals surface area contributed by atoms with E-state index in [9.17, 15) is 14.7 Å². The van der Waals surface area contributed by atoms with E-state index in [4.69, 9.17) is 25.5 Å². The van der Waals surface area contributed by atoms with Crippen LogP contribution in [0, 0.1) is 0 Å². The first-order valence-corrected chi connectivity index (χ1v) is 13.3. The number of aliphatic hydroxyl groups excluding tert-OH is 1. The van der Waals surface area contributed by atoms with Crippen molar-refractivity contribution in [3.8, 4) is 11.5 Å². The molecule has 1 unspecified atom stereocenters. The van der Waals surface area contributed by atoms with E-state index in [2.05, 4.69) is 4.98 Å². The molecule has 1 amide bonds. The number of aliphatic hydroxyl groups is 1. The summed E-state index contributed by atoms with van der Waals surface area (Å²) in [7, 11) is 1.51. The maximum Gasteiger partial charge on any atom is 0.296 e. The number of rotatable bonds is 7. The van der Waals surface area contributed by atoms with Crippen LogP contribution in [0.15, 0.2) is 82.5 Å². The molecule has 0 radical (unpaired) electrons. The molecule has 1 aliphatic heterocycles. The zero-order valence-electron chi connectivity index (χ0n) is 20.8. The topological polar surface area (TPSA) is 102 Å². The SMILES string of the molecule is CCOc1cccc(C2C(C(=O)c3cc4cccc(OC)c4o3)=C(O)C(=O)N2c2nc3ccc(Cl)cc3s2)c1. The fourth-order valence-electron chi connectivity index (χ4n) is 4.72. The number of halogens is 1. The van der Waals surface area contributed by atoms with Gasteiger partial charge in [0.15, 0.2) is 28.0 Å². The summed E-state index contributed by atoms with van der Waals surface area (Å²) in [5, 5.41) is 12.6. The maximum atomic E-state index is 14.0. The minimum Gasteiger partial charge on any atom is -0.503 e. The van der Waals surface area contributed by atoms with Gasteiger partial charge in [0.05, 0.1) is 35.5 Å². The van der Waals surface area contributed by atoms with Crippen LogP contribution in [0.4, 0.5) is 5.13 Å². The van der Waals surface area contributed by atoms with E-state index >= 15 is 0 Å². The summed E-state index contributed by atoms with van der Waals surface area (Å²) >= 11 is 7.41. The van der Waals surface area contributed by atoms with Gasteiger partial charge in [0.2, 0.25) is 5.78 Å². The van der Waals surface area contributed by atoms with Crippen LogP contribution in [0.25, 0.3) is 21.2 Å². The minimum absolute atomic E-state index is 0.0345. The van der Waals surface area contributed by atoms with Gasteiger partial charge in [-0.15, -0.1) is 0 Å². The number of ketones is 1. The Labute approximate surface area is 231 Å². The van der Waals surface area contributed by atoms with Gasteiger partial charge in [0.25, 0.3) is 5.91 Å². The van der Waals surface area contributed by atoms with Crippen LogP contribution in [-0.4, -0.2) is 35.5 Å². The molecule has 1 aliphatic rings. The summed E-state index contributed by atoms with van der Waals surface area (Å²) in [6.45, 7) is 2.30. The summed E-state index contributed by atoms with van der Waals surface area (Å²) in [6, 6.07) is 18.2. The molecule has 0 saturated carbocycles. The van der Waals surface area contributed by atoms with E-state index in [-0.39, 0.29) is 11.3 Å². The highest BCUT2D eigenvalue weighted by Gasteiger charge is 2.46. The van der Waals surface area contributed by atoms with Gasteiger partial charge < -0.3 is 19.0 Å². The lowest BCUT2D eigenvalue weighted by Gasteiger charge is -2.24. The van der Waals surface area contributed by atoms with Crippen LogP contribution in [0.3, 0.4) is 0 Å². The van der Waals surface area contributed by atoms with Crippen molar-refractivity contribution < 1.29 is 28.6 Å². The zero-order chi connectivity index (χ0) is 27.3. The lowest BCUT2D eigenvalue weighted by atomic mass is 9.95. The number of benzene rings is 3. The monoisotopic (exact) mass is 560 g/mol. The first kappa shape index (κ1) is 25.0. The molecule has 5 aromatic rings. The van der Waals surface area contributed by atoms with Gasteiger partial charge in [-0.3, -0.25) is 14.5 Å². The van der Waals surface area contributed by atoms with Crippen molar-refractivity contribution in [2.24, 2.45) is 0 Å². The Balaban J connectivity index is 1.51. The number of Topliss-reactive ketones (excluding diaryl/α,β-unsaturated/α-hetero) is 1. The minimum atomic E-state index is -0.989. The van der Waals surface area contributed by atoms with E-state index in [1.807, 2.05) is 6.92 Å². The van der Waals surface area contributed by atoms with E-state index in [1.165, 1.54) is 23.3 Å². The van der Waals surface area contributed by atoms with Gasteiger partial charge in [0, 0.05) is 10.4 Å². The van der Waals surface area contributed by atoms with Crippen LogP contribution < -0.4 is 14.4 Å². The van der Waals surface area contributed by atoms with Crippen LogP contribution in [0.5, 0.6) is 11.5 Å². The molecule has 0 bridgehead atoms. The normalized spacial score (nSPS) is 15.5. The van der Waals surface area contributed by atoms with Gasteiger partial charge in [-0.2, -0.15) is 0 Å². The number of carbonyl (C=O) groups excluding carboxylic acids is 2. The summed E-state index contributed by atoms with van der Waals surface area (Å²) in [5.41, 5.74) is 1.47. The number of furan rings is 1. The molecule has 10 heteroatoms. The second-order valence-corrected chi connectivity index (χ2v) is 10.2. The summed E-state index contributed by atoms with van der Waals surface area (Å²) in [4.78, 5) is 33.5. The second-order valence-electron chi connectivity index (χ2n) is 8.77. The number of nitrogens with zero attached hydrogens (tertiary/aromatic N) is 2. The zero-order valence-corrected chi connectivity index (χ0v) is 22.4. The Morgan fingerprint density at radius 1 is 1.15 bits per heavy atom. The standard InChI is InChI=1S/C29H21ClN2O6S/c1-3-37-18-8-4-6-15(12-18)24-23(25(33)21-13-16-7-5-9-20(36-2)27(16)38-21)26(34)28(35)32(24)29-31-19-11-10-17(30)14-22(19)39-29/h4-14,24,34H,3H2,1-2H3. The molecule has 0 saturated heterocycles. The number of hydrogen-bond acceptors (Lipinski definition) is 8. The number of hydrogen-bond donors (Lipinski definition) is 1. The Morgan fingerprint density at radius 2 is 1.97 bits per heavy atom. The molecular formula is C29H21ClN2O6S. The maximum absolute atomic E-state index is 14.0. The van der Waals surface area contributed by atoms with Gasteiger partial charge in [-0.25, -0.2) is 4.98 Å². The van der Waals surface area contributed by atoms with E-state index < -0.39 is 23.5 Å². The molecule has 0 aliphatic carbocycles. The second kappa shape index (κ2) is 9.76. The Hall–Kier alpha value is -4.34. The van der Waals surface area contributed by atoms with Crippen LogP contribution >= 0.6 is 22.9 Å². The number of thiazole rings is 1. The lowest BCUT2D eigenvalue weighted by molar-refractivity contribution is -0.117. The van der Waals surface area contributed by atoms with Gasteiger partial charge in [-0.1, -0.05) is 47.2 Å². The van der Waals surface area contributed by atoms with Crippen molar-refractivity contribution in [3.63, 3.8) is 0 Å². The Kier molecular flexibility index (Phi) is 6.25. The first-order valence-electron chi connectivity index (χ1n) is 12.1. The molecular weight excluding hydrogens is 540 g/mol. The Morgan fingerprint density at radius 3 is 2.77 bits per heavy atom. The summed E-state index contributed by atoms with van der Waals surface area (Å²) in [5.74, 6) is -1.06. The number of carbonyl (C=O) groups is 2. The lowest BCUT2D eigenvalue weighted by Crippen LogP contribution is -2.31. The molecule has 1 N–H and O–H groups in total. The number of anilines is 1. The average molecular weight is 561 g/mol. The third-order valence-electron chi connectivity index (χ3n) is 6.43. The summed E-state index contributed by atoms with van der Waals surface area (Å²) < 4.78 is 17.7. The van der Waals surface area contributed by atoms with Crippen molar-refractivity contribution >= 4 is 60.9 Å². The predicted octanol–water partition coefficient (Wildman–Crippen LogP) is 6.89. The number of aromatic nitrogens is 1. The largest absolute Gasteiger partial charge is 0.503 e. The van der Waals surface area contributed by atoms with Crippen LogP contribution in [-0.2, 0) is 4.79 Å². The smallest absolute Gasteiger partial charge is 0.296 e. The Bertz CT molecular complexity index is 1810. The van der Waals surface area contributed by atoms with Crippen molar-refractivity contribution in [2.75, 3.05) is 18.6 Å². The fraction of sp³-hybridized carbons (Fsp3) is 0.138. The molecule has 3 aromatic carbocycles. The molecule has 1 atom stereocenters. The number of methoxy groups -OCH3 is 1. The molecule has 8 nitrogen and oxygen atoms in total. The molecule has 2 aromatic heterocycles. The molecule has 0 spiro atoms. The van der Waals surface area contributed by atoms with E-state index in [1.54, 1.807) is 66.7 Å². The summed E-state index contributed by atoms with van der Waals surface area (Å²) in [6.07, 6.45) is 0. The van der Waals surface area contributed by atoms with Crippen molar-refractivity contribution in [3.05, 3.63) is 94.4 Å². The number of fused-ring (bicyclic) bond motifs is 2. The average Bonchev–Trinajstić information content (AvgIpc) is 3.62. The highest BCUT2D eigenvalue weighted by atomic mass is 35.5. The number of amides is 1.